The summed E-state index contributed by atoms with van der Waals surface area (Å²) in [4.78, 5) is 0. The second kappa shape index (κ2) is 6.10. The molecule has 3 N–H and O–H groups in total. The zero-order valence-electron chi connectivity index (χ0n) is 11.6. The van der Waals surface area contributed by atoms with Gasteiger partial charge in [-0.25, -0.2) is 0 Å². The summed E-state index contributed by atoms with van der Waals surface area (Å²) in [6.45, 7) is 4.54. The van der Waals surface area contributed by atoms with Gasteiger partial charge in [0.05, 0.1) is 0 Å². The molecule has 0 aliphatic heterocycles. The first-order valence-electron chi connectivity index (χ1n) is 6.37. The van der Waals surface area contributed by atoms with E-state index >= 15 is 0 Å². The Labute approximate surface area is 118 Å². The molecule has 0 aliphatic carbocycles. The minimum atomic E-state index is 0.0959. The maximum absolute atomic E-state index is 8.69. The summed E-state index contributed by atoms with van der Waals surface area (Å²) in [5, 5.41) is 11.7. The average Bonchev–Trinajstić information content (AvgIpc) is 2.48. The Bertz CT molecular complexity index is 636. The smallest absolute Gasteiger partial charge is 0.170 e. The number of amidine groups is 1. The van der Waals surface area contributed by atoms with Crippen LogP contribution in [0, 0.1) is 13.8 Å². The van der Waals surface area contributed by atoms with Crippen molar-refractivity contribution in [2.24, 2.45) is 10.9 Å². The maximum atomic E-state index is 8.69. The van der Waals surface area contributed by atoms with Crippen LogP contribution in [0.3, 0.4) is 0 Å². The number of oxime groups is 1. The Balaban J connectivity index is 2.13. The van der Waals surface area contributed by atoms with Crippen molar-refractivity contribution in [1.29, 1.82) is 0 Å². The fraction of sp³-hybridized carbons (Fsp3) is 0.188. The van der Waals surface area contributed by atoms with Crippen LogP contribution in [0.4, 0.5) is 0 Å². The summed E-state index contributed by atoms with van der Waals surface area (Å²) in [7, 11) is 0. The normalized spacial score (nSPS) is 11.4. The van der Waals surface area contributed by atoms with Crippen LogP contribution < -0.4 is 10.5 Å². The van der Waals surface area contributed by atoms with Crippen LogP contribution in [0.2, 0.25) is 0 Å². The van der Waals surface area contributed by atoms with Crippen molar-refractivity contribution in [1.82, 2.24) is 0 Å². The van der Waals surface area contributed by atoms with E-state index in [-0.39, 0.29) is 5.84 Å². The molecule has 4 nitrogen and oxygen atoms in total. The molecule has 0 unspecified atom stereocenters. The number of hydrogen-bond donors (Lipinski definition) is 2. The molecule has 0 atom stereocenters. The quantitative estimate of drug-likeness (QED) is 0.388. The van der Waals surface area contributed by atoms with Crippen molar-refractivity contribution in [2.75, 3.05) is 0 Å². The summed E-state index contributed by atoms with van der Waals surface area (Å²) in [6, 6.07) is 13.4. The van der Waals surface area contributed by atoms with Gasteiger partial charge in [0.2, 0.25) is 0 Å². The van der Waals surface area contributed by atoms with Crippen LogP contribution in [0.15, 0.2) is 47.6 Å². The van der Waals surface area contributed by atoms with Gasteiger partial charge in [-0.15, -0.1) is 0 Å². The molecular formula is C16H18N2O2. The van der Waals surface area contributed by atoms with Crippen molar-refractivity contribution in [3.63, 3.8) is 0 Å². The lowest BCUT2D eigenvalue weighted by atomic mass is 10.1. The zero-order valence-corrected chi connectivity index (χ0v) is 11.6. The van der Waals surface area contributed by atoms with Gasteiger partial charge in [-0.1, -0.05) is 35.5 Å². The van der Waals surface area contributed by atoms with E-state index in [9.17, 15) is 0 Å². The molecule has 2 aromatic carbocycles. The number of nitrogens with zero attached hydrogens (tertiary/aromatic N) is 1. The molecule has 0 spiro atoms. The molecular weight excluding hydrogens is 252 g/mol. The highest BCUT2D eigenvalue weighted by Gasteiger charge is 2.04. The molecule has 0 aliphatic rings. The van der Waals surface area contributed by atoms with Crippen LogP contribution in [0.25, 0.3) is 0 Å². The molecule has 0 fully saturated rings. The van der Waals surface area contributed by atoms with E-state index in [0.717, 1.165) is 16.9 Å². The first-order chi connectivity index (χ1) is 9.61. The minimum absolute atomic E-state index is 0.0959. The molecule has 2 aromatic rings. The third-order valence-electron chi connectivity index (χ3n) is 3.28. The molecule has 104 valence electrons. The molecule has 0 saturated heterocycles. The van der Waals surface area contributed by atoms with Gasteiger partial charge in [0.15, 0.2) is 5.84 Å². The molecule has 0 radical (unpaired) electrons. The highest BCUT2D eigenvalue weighted by molar-refractivity contribution is 5.97. The minimum Gasteiger partial charge on any atom is -0.489 e. The Morgan fingerprint density at radius 2 is 1.95 bits per heavy atom. The largest absolute Gasteiger partial charge is 0.489 e. The van der Waals surface area contributed by atoms with E-state index in [2.05, 4.69) is 18.1 Å². The van der Waals surface area contributed by atoms with Crippen molar-refractivity contribution in [3.05, 3.63) is 64.7 Å². The third-order valence-corrected chi connectivity index (χ3v) is 3.28. The molecule has 0 bridgehead atoms. The summed E-state index contributed by atoms with van der Waals surface area (Å²) in [5.41, 5.74) is 9.56. The number of nitrogens with two attached hydrogens (primary N) is 1. The van der Waals surface area contributed by atoms with Gasteiger partial charge in [0.25, 0.3) is 0 Å². The monoisotopic (exact) mass is 270 g/mol. The molecule has 0 heterocycles. The fourth-order valence-electron chi connectivity index (χ4n) is 1.92. The first kappa shape index (κ1) is 13.9. The Hall–Kier alpha value is -2.49. The van der Waals surface area contributed by atoms with E-state index in [1.165, 1.54) is 5.56 Å². The van der Waals surface area contributed by atoms with E-state index < -0.39 is 0 Å². The van der Waals surface area contributed by atoms with Gasteiger partial charge in [0.1, 0.15) is 12.4 Å². The maximum Gasteiger partial charge on any atom is 0.170 e. The molecule has 0 amide bonds. The van der Waals surface area contributed by atoms with E-state index in [1.807, 2.05) is 37.3 Å². The average molecular weight is 270 g/mol. The number of benzene rings is 2. The van der Waals surface area contributed by atoms with E-state index in [4.69, 9.17) is 15.7 Å². The van der Waals surface area contributed by atoms with Gasteiger partial charge in [0, 0.05) is 5.56 Å². The van der Waals surface area contributed by atoms with E-state index in [1.54, 1.807) is 6.07 Å². The number of aryl methyl sites for hydroxylation is 1. The highest BCUT2D eigenvalue weighted by Crippen LogP contribution is 2.21. The van der Waals surface area contributed by atoms with E-state index in [0.29, 0.717) is 12.2 Å². The molecule has 2 rings (SSSR count). The molecule has 20 heavy (non-hydrogen) atoms. The number of hydrogen-bond acceptors (Lipinski definition) is 3. The lowest BCUT2D eigenvalue weighted by Crippen LogP contribution is -2.13. The summed E-state index contributed by atoms with van der Waals surface area (Å²) < 4.78 is 5.83. The predicted molar refractivity (Wildman–Crippen MR) is 79.2 cm³/mol. The topological polar surface area (TPSA) is 67.8 Å². The van der Waals surface area contributed by atoms with Gasteiger partial charge < -0.3 is 15.7 Å². The Kier molecular flexibility index (Phi) is 4.25. The predicted octanol–water partition coefficient (Wildman–Crippen LogP) is 2.98. The lowest BCUT2D eigenvalue weighted by molar-refractivity contribution is 0.303. The van der Waals surface area contributed by atoms with Crippen molar-refractivity contribution in [2.45, 2.75) is 20.5 Å². The second-order valence-electron chi connectivity index (χ2n) is 4.67. The standard InChI is InChI=1S/C16H18N2O2/c1-11-5-3-8-15(12(11)2)20-10-13-6-4-7-14(9-13)16(17)18-19/h3-9,19H,10H2,1-2H3,(H2,17,18). The number of rotatable bonds is 4. The highest BCUT2D eigenvalue weighted by atomic mass is 16.5. The fourth-order valence-corrected chi connectivity index (χ4v) is 1.92. The van der Waals surface area contributed by atoms with Crippen LogP contribution >= 0.6 is 0 Å². The van der Waals surface area contributed by atoms with Crippen LogP contribution in [-0.2, 0) is 6.61 Å². The van der Waals surface area contributed by atoms with Crippen LogP contribution in [0.1, 0.15) is 22.3 Å². The summed E-state index contributed by atoms with van der Waals surface area (Å²) in [5.74, 6) is 0.970. The van der Waals surface area contributed by atoms with Crippen LogP contribution in [0.5, 0.6) is 5.75 Å². The van der Waals surface area contributed by atoms with Gasteiger partial charge in [-0.3, -0.25) is 0 Å². The summed E-state index contributed by atoms with van der Waals surface area (Å²) >= 11 is 0. The lowest BCUT2D eigenvalue weighted by Gasteiger charge is -2.11. The Morgan fingerprint density at radius 1 is 1.20 bits per heavy atom. The number of ether oxygens (including phenoxy) is 1. The van der Waals surface area contributed by atoms with Gasteiger partial charge >= 0.3 is 0 Å². The van der Waals surface area contributed by atoms with Crippen LogP contribution in [-0.4, -0.2) is 11.0 Å². The van der Waals surface area contributed by atoms with Gasteiger partial charge in [-0.2, -0.15) is 0 Å². The van der Waals surface area contributed by atoms with Crippen molar-refractivity contribution in [3.8, 4) is 5.75 Å². The van der Waals surface area contributed by atoms with Gasteiger partial charge in [-0.05, 0) is 42.7 Å². The second-order valence-corrected chi connectivity index (χ2v) is 4.67. The molecule has 0 aromatic heterocycles. The molecule has 4 heteroatoms. The SMILES string of the molecule is Cc1cccc(OCc2cccc(/C(N)=N/O)c2)c1C. The third kappa shape index (κ3) is 3.09. The summed E-state index contributed by atoms with van der Waals surface area (Å²) in [6.07, 6.45) is 0. The zero-order chi connectivity index (χ0) is 14.5. The van der Waals surface area contributed by atoms with Crippen molar-refractivity contribution < 1.29 is 9.94 Å². The first-order valence-corrected chi connectivity index (χ1v) is 6.37. The molecule has 0 saturated carbocycles. The Morgan fingerprint density at radius 3 is 2.70 bits per heavy atom. The van der Waals surface area contributed by atoms with Crippen molar-refractivity contribution >= 4 is 5.84 Å².